The van der Waals surface area contributed by atoms with Crippen LogP contribution in [0.15, 0.2) is 18.7 Å². The summed E-state index contributed by atoms with van der Waals surface area (Å²) in [7, 11) is 0. The molecule has 1 heterocycles. The second kappa shape index (κ2) is 6.39. The first kappa shape index (κ1) is 14.5. The molecule has 0 radical (unpaired) electrons. The fourth-order valence-corrected chi connectivity index (χ4v) is 1.30. The van der Waals surface area contributed by atoms with E-state index in [2.05, 4.69) is 10.3 Å². The van der Waals surface area contributed by atoms with Crippen molar-refractivity contribution in [3.63, 3.8) is 0 Å². The van der Waals surface area contributed by atoms with Crippen molar-refractivity contribution < 1.29 is 18.0 Å². The normalized spacial score (nSPS) is 13.3. The summed E-state index contributed by atoms with van der Waals surface area (Å²) in [6.07, 6.45) is 0.644. The van der Waals surface area contributed by atoms with Crippen LogP contribution in [0.1, 0.15) is 6.92 Å². The van der Waals surface area contributed by atoms with E-state index < -0.39 is 18.6 Å². The Morgan fingerprint density at radius 2 is 2.22 bits per heavy atom. The van der Waals surface area contributed by atoms with E-state index in [1.165, 1.54) is 0 Å². The average Bonchev–Trinajstić information content (AvgIpc) is 2.75. The maximum Gasteiger partial charge on any atom is 0.405 e. The topological polar surface area (TPSA) is 59.0 Å². The Balaban J connectivity index is 2.18. The first-order valence-electron chi connectivity index (χ1n) is 5.39. The second-order valence-electron chi connectivity index (χ2n) is 3.93. The Morgan fingerprint density at radius 1 is 1.50 bits per heavy atom. The highest BCUT2D eigenvalue weighted by Gasteiger charge is 2.27. The standard InChI is InChI=1S/C10H15F3N4O/c1-8(5-17-3-2-14-7-17)15-4-9(18)16-6-10(11,12)13/h2-3,7-8,15H,4-6H2,1H3,(H,16,18). The van der Waals surface area contributed by atoms with Gasteiger partial charge in [-0.1, -0.05) is 0 Å². The molecule has 18 heavy (non-hydrogen) atoms. The lowest BCUT2D eigenvalue weighted by atomic mass is 10.3. The number of rotatable bonds is 6. The number of hydrogen-bond acceptors (Lipinski definition) is 3. The zero-order chi connectivity index (χ0) is 13.6. The molecule has 1 atom stereocenters. The summed E-state index contributed by atoms with van der Waals surface area (Å²) in [4.78, 5) is 15.0. The molecular weight excluding hydrogens is 249 g/mol. The van der Waals surface area contributed by atoms with Gasteiger partial charge in [0.1, 0.15) is 6.54 Å². The maximum absolute atomic E-state index is 11.8. The smallest absolute Gasteiger partial charge is 0.346 e. The van der Waals surface area contributed by atoms with E-state index in [0.717, 1.165) is 0 Å². The van der Waals surface area contributed by atoms with Crippen LogP contribution < -0.4 is 10.6 Å². The highest BCUT2D eigenvalue weighted by atomic mass is 19.4. The molecule has 8 heteroatoms. The Bertz CT molecular complexity index is 364. The van der Waals surface area contributed by atoms with Gasteiger partial charge in [-0.3, -0.25) is 4.79 Å². The number of nitrogens with one attached hydrogen (secondary N) is 2. The van der Waals surface area contributed by atoms with Crippen molar-refractivity contribution in [2.75, 3.05) is 13.1 Å². The summed E-state index contributed by atoms with van der Waals surface area (Å²) in [6, 6.07) is -0.0455. The first-order valence-corrected chi connectivity index (χ1v) is 5.39. The van der Waals surface area contributed by atoms with Crippen molar-refractivity contribution >= 4 is 5.91 Å². The van der Waals surface area contributed by atoms with Crippen molar-refractivity contribution in [2.24, 2.45) is 0 Å². The van der Waals surface area contributed by atoms with Gasteiger partial charge >= 0.3 is 6.18 Å². The molecule has 0 aliphatic heterocycles. The van der Waals surface area contributed by atoms with Crippen molar-refractivity contribution in [2.45, 2.75) is 25.7 Å². The largest absolute Gasteiger partial charge is 0.405 e. The number of carbonyl (C=O) groups is 1. The lowest BCUT2D eigenvalue weighted by Crippen LogP contribution is -2.42. The number of carbonyl (C=O) groups excluding carboxylic acids is 1. The van der Waals surface area contributed by atoms with Crippen LogP contribution in [-0.4, -0.2) is 40.8 Å². The Kier molecular flexibility index (Phi) is 5.14. The third kappa shape index (κ3) is 6.24. The minimum absolute atomic E-state index is 0.0455. The molecule has 0 aromatic carbocycles. The van der Waals surface area contributed by atoms with Gasteiger partial charge in [-0.05, 0) is 6.92 Å². The second-order valence-corrected chi connectivity index (χ2v) is 3.93. The van der Waals surface area contributed by atoms with Gasteiger partial charge in [0, 0.05) is 25.0 Å². The van der Waals surface area contributed by atoms with Crippen LogP contribution in [0.5, 0.6) is 0 Å². The number of imidazole rings is 1. The Hall–Kier alpha value is -1.57. The molecule has 1 unspecified atom stereocenters. The fourth-order valence-electron chi connectivity index (χ4n) is 1.30. The van der Waals surface area contributed by atoms with Crippen molar-refractivity contribution in [1.82, 2.24) is 20.2 Å². The van der Waals surface area contributed by atoms with Crippen LogP contribution in [-0.2, 0) is 11.3 Å². The summed E-state index contributed by atoms with van der Waals surface area (Å²) >= 11 is 0. The van der Waals surface area contributed by atoms with Crippen LogP contribution in [0, 0.1) is 0 Å². The molecule has 0 bridgehead atoms. The lowest BCUT2D eigenvalue weighted by Gasteiger charge is -2.14. The average molecular weight is 264 g/mol. The third-order valence-corrected chi connectivity index (χ3v) is 2.14. The first-order chi connectivity index (χ1) is 8.37. The van der Waals surface area contributed by atoms with E-state index in [-0.39, 0.29) is 12.6 Å². The van der Waals surface area contributed by atoms with E-state index >= 15 is 0 Å². The summed E-state index contributed by atoms with van der Waals surface area (Å²) in [5, 5.41) is 4.62. The van der Waals surface area contributed by atoms with Gasteiger partial charge in [0.2, 0.25) is 5.91 Å². The minimum atomic E-state index is -4.38. The number of halogens is 3. The molecule has 0 saturated carbocycles. The summed E-state index contributed by atoms with van der Waals surface area (Å²) in [5.41, 5.74) is 0. The van der Waals surface area contributed by atoms with Gasteiger partial charge in [0.25, 0.3) is 0 Å². The molecule has 0 aliphatic rings. The molecule has 2 N–H and O–H groups in total. The van der Waals surface area contributed by atoms with Gasteiger partial charge in [-0.2, -0.15) is 13.2 Å². The summed E-state index contributed by atoms with van der Waals surface area (Å²) < 4.78 is 37.3. The van der Waals surface area contributed by atoms with E-state index in [4.69, 9.17) is 0 Å². The highest BCUT2D eigenvalue weighted by molar-refractivity contribution is 5.78. The van der Waals surface area contributed by atoms with Crippen molar-refractivity contribution in [3.05, 3.63) is 18.7 Å². The zero-order valence-electron chi connectivity index (χ0n) is 9.87. The molecule has 102 valence electrons. The molecule has 0 saturated heterocycles. The molecule has 1 rings (SSSR count). The van der Waals surface area contributed by atoms with Crippen LogP contribution in [0.4, 0.5) is 13.2 Å². The van der Waals surface area contributed by atoms with Crippen LogP contribution in [0.2, 0.25) is 0 Å². The van der Waals surface area contributed by atoms with Gasteiger partial charge in [-0.25, -0.2) is 4.98 Å². The van der Waals surface area contributed by atoms with Crippen LogP contribution >= 0.6 is 0 Å². The lowest BCUT2D eigenvalue weighted by molar-refractivity contribution is -0.137. The molecule has 1 aromatic heterocycles. The molecular formula is C10H15F3N4O. The molecule has 5 nitrogen and oxygen atoms in total. The maximum atomic E-state index is 11.8. The van der Waals surface area contributed by atoms with Crippen LogP contribution in [0.3, 0.4) is 0 Å². The van der Waals surface area contributed by atoms with E-state index in [9.17, 15) is 18.0 Å². The number of aromatic nitrogens is 2. The number of amides is 1. The molecule has 1 amide bonds. The van der Waals surface area contributed by atoms with E-state index in [1.807, 2.05) is 11.5 Å². The van der Waals surface area contributed by atoms with E-state index in [1.54, 1.807) is 24.0 Å². The summed E-state index contributed by atoms with van der Waals surface area (Å²) in [5.74, 6) is -0.676. The molecule has 0 spiro atoms. The number of nitrogens with zero attached hydrogens (tertiary/aromatic N) is 2. The van der Waals surface area contributed by atoms with Gasteiger partial charge in [0.05, 0.1) is 12.9 Å². The van der Waals surface area contributed by atoms with Crippen molar-refractivity contribution in [1.29, 1.82) is 0 Å². The quantitative estimate of drug-likeness (QED) is 0.788. The highest BCUT2D eigenvalue weighted by Crippen LogP contribution is 2.11. The minimum Gasteiger partial charge on any atom is -0.346 e. The third-order valence-electron chi connectivity index (χ3n) is 2.14. The monoisotopic (exact) mass is 264 g/mol. The Labute approximate surface area is 102 Å². The Morgan fingerprint density at radius 3 is 2.78 bits per heavy atom. The molecule has 0 fully saturated rings. The predicted molar refractivity (Wildman–Crippen MR) is 58.8 cm³/mol. The molecule has 1 aromatic rings. The van der Waals surface area contributed by atoms with Gasteiger partial charge in [-0.15, -0.1) is 0 Å². The van der Waals surface area contributed by atoms with Gasteiger partial charge < -0.3 is 15.2 Å². The zero-order valence-corrected chi connectivity index (χ0v) is 9.87. The van der Waals surface area contributed by atoms with Crippen molar-refractivity contribution in [3.8, 4) is 0 Å². The number of hydrogen-bond donors (Lipinski definition) is 2. The van der Waals surface area contributed by atoms with Gasteiger partial charge in [0.15, 0.2) is 0 Å². The summed E-state index contributed by atoms with van der Waals surface area (Å²) in [6.45, 7) is 0.971. The number of alkyl halides is 3. The predicted octanol–water partition coefficient (Wildman–Crippen LogP) is 0.540. The SMILES string of the molecule is CC(Cn1ccnc1)NCC(=O)NCC(F)(F)F. The van der Waals surface area contributed by atoms with E-state index in [0.29, 0.717) is 6.54 Å². The van der Waals surface area contributed by atoms with Crippen LogP contribution in [0.25, 0.3) is 0 Å². The fraction of sp³-hybridized carbons (Fsp3) is 0.600. The molecule has 0 aliphatic carbocycles.